The molecule has 7 nitrogen and oxygen atoms in total. The highest BCUT2D eigenvalue weighted by molar-refractivity contribution is 5.85. The van der Waals surface area contributed by atoms with Crippen LogP contribution in [0.4, 0.5) is 0 Å². The van der Waals surface area contributed by atoms with Crippen LogP contribution in [0.5, 0.6) is 0 Å². The molecule has 122 valence electrons. The average molecular weight is 317 g/mol. The van der Waals surface area contributed by atoms with Gasteiger partial charge in [-0.15, -0.1) is 0 Å². The molecule has 0 aliphatic rings. The molecule has 1 aromatic carbocycles. The summed E-state index contributed by atoms with van der Waals surface area (Å²) >= 11 is 0. The Morgan fingerprint density at radius 3 is 2.43 bits per heavy atom. The smallest absolute Gasteiger partial charge is 0.303 e. The molecule has 7 heteroatoms. The third kappa shape index (κ3) is 7.09. The lowest BCUT2D eigenvalue weighted by Gasteiger charge is -2.17. The minimum absolute atomic E-state index is 0.0703. The van der Waals surface area contributed by atoms with Crippen molar-refractivity contribution in [1.82, 2.24) is 10.6 Å². The number of benzene rings is 1. The van der Waals surface area contributed by atoms with E-state index in [4.69, 9.17) is 10.4 Å². The largest absolute Gasteiger partial charge is 0.481 e. The third-order valence-electron chi connectivity index (χ3n) is 3.12. The van der Waals surface area contributed by atoms with Crippen LogP contribution in [0.1, 0.15) is 30.7 Å². The van der Waals surface area contributed by atoms with Gasteiger partial charge in [-0.2, -0.15) is 5.26 Å². The summed E-state index contributed by atoms with van der Waals surface area (Å²) in [4.78, 5) is 34.3. The second kappa shape index (κ2) is 9.95. The zero-order chi connectivity index (χ0) is 17.1. The van der Waals surface area contributed by atoms with Crippen molar-refractivity contribution < 1.29 is 19.5 Å². The van der Waals surface area contributed by atoms with Crippen molar-refractivity contribution in [2.24, 2.45) is 0 Å². The summed E-state index contributed by atoms with van der Waals surface area (Å²) in [6, 6.07) is 10.9. The van der Waals surface area contributed by atoms with Gasteiger partial charge in [0.15, 0.2) is 0 Å². The van der Waals surface area contributed by atoms with Crippen molar-refractivity contribution in [1.29, 1.82) is 5.26 Å². The first kappa shape index (κ1) is 18.2. The first-order chi connectivity index (χ1) is 11.0. The van der Waals surface area contributed by atoms with Crippen LogP contribution < -0.4 is 10.6 Å². The van der Waals surface area contributed by atoms with Crippen molar-refractivity contribution in [2.75, 3.05) is 13.1 Å². The van der Waals surface area contributed by atoms with Crippen molar-refractivity contribution >= 4 is 17.8 Å². The number of nitrogens with one attached hydrogen (secondary N) is 2. The van der Waals surface area contributed by atoms with Gasteiger partial charge in [-0.05, 0) is 5.56 Å². The lowest BCUT2D eigenvalue weighted by Crippen LogP contribution is -2.37. The number of amides is 2. The van der Waals surface area contributed by atoms with Crippen LogP contribution in [0.2, 0.25) is 0 Å². The van der Waals surface area contributed by atoms with Gasteiger partial charge >= 0.3 is 5.97 Å². The van der Waals surface area contributed by atoms with Crippen molar-refractivity contribution in [3.8, 4) is 6.07 Å². The van der Waals surface area contributed by atoms with Crippen LogP contribution in [-0.4, -0.2) is 36.0 Å². The summed E-state index contributed by atoms with van der Waals surface area (Å²) < 4.78 is 0. The molecule has 1 atom stereocenters. The average Bonchev–Trinajstić information content (AvgIpc) is 2.54. The molecule has 0 bridgehead atoms. The number of carbonyl (C=O) groups excluding carboxylic acids is 2. The molecule has 0 fully saturated rings. The zero-order valence-corrected chi connectivity index (χ0v) is 12.6. The van der Waals surface area contributed by atoms with E-state index in [1.165, 1.54) is 0 Å². The Morgan fingerprint density at radius 1 is 1.13 bits per heavy atom. The first-order valence-corrected chi connectivity index (χ1v) is 7.22. The Balaban J connectivity index is 2.65. The standard InChI is InChI=1S/C16H19N3O4/c17-9-4-10-18-16(23)13(12-5-2-1-3-6-12)11-19-14(20)7-8-15(21)22/h1-3,5-6,13H,4,7-8,10-11H2,(H,18,23)(H,19,20)(H,21,22). The molecule has 0 heterocycles. The molecule has 0 saturated heterocycles. The van der Waals surface area contributed by atoms with Crippen LogP contribution in [-0.2, 0) is 14.4 Å². The fraction of sp³-hybridized carbons (Fsp3) is 0.375. The van der Waals surface area contributed by atoms with Crippen LogP contribution in [0.25, 0.3) is 0 Å². The summed E-state index contributed by atoms with van der Waals surface area (Å²) in [6.45, 7) is 0.312. The fourth-order valence-corrected chi connectivity index (χ4v) is 1.94. The molecule has 3 N–H and O–H groups in total. The van der Waals surface area contributed by atoms with Gasteiger partial charge in [0.1, 0.15) is 0 Å². The summed E-state index contributed by atoms with van der Waals surface area (Å²) in [5.41, 5.74) is 0.737. The molecule has 2 amide bonds. The fourth-order valence-electron chi connectivity index (χ4n) is 1.94. The lowest BCUT2D eigenvalue weighted by atomic mass is 9.98. The molecule has 0 aliphatic heterocycles. The number of carboxylic acids is 1. The molecule has 1 rings (SSSR count). The maximum absolute atomic E-state index is 12.2. The van der Waals surface area contributed by atoms with Crippen LogP contribution in [0.15, 0.2) is 30.3 Å². The summed E-state index contributed by atoms with van der Waals surface area (Å²) in [5.74, 6) is -2.35. The van der Waals surface area contributed by atoms with Gasteiger partial charge in [-0.3, -0.25) is 14.4 Å². The van der Waals surface area contributed by atoms with Gasteiger partial charge in [0.25, 0.3) is 0 Å². The molecule has 0 spiro atoms. The van der Waals surface area contributed by atoms with E-state index < -0.39 is 17.8 Å². The summed E-state index contributed by atoms with van der Waals surface area (Å²) in [5, 5.41) is 22.3. The topological polar surface area (TPSA) is 119 Å². The molecular weight excluding hydrogens is 298 g/mol. The molecular formula is C16H19N3O4. The summed E-state index contributed by atoms with van der Waals surface area (Å²) in [6.07, 6.45) is -0.179. The maximum atomic E-state index is 12.2. The maximum Gasteiger partial charge on any atom is 0.303 e. The quantitative estimate of drug-likeness (QED) is 0.581. The number of aliphatic carboxylic acids is 1. The van der Waals surface area contributed by atoms with Gasteiger partial charge < -0.3 is 15.7 Å². The van der Waals surface area contributed by atoms with E-state index in [-0.39, 0.29) is 38.3 Å². The van der Waals surface area contributed by atoms with Crippen LogP contribution in [0, 0.1) is 11.3 Å². The molecule has 0 radical (unpaired) electrons. The van der Waals surface area contributed by atoms with E-state index in [0.717, 1.165) is 5.56 Å². The Morgan fingerprint density at radius 2 is 1.83 bits per heavy atom. The van der Waals surface area contributed by atoms with Crippen LogP contribution in [0.3, 0.4) is 0 Å². The number of carboxylic acid groups (broad SMARTS) is 1. The van der Waals surface area contributed by atoms with E-state index >= 15 is 0 Å². The second-order valence-electron chi connectivity index (χ2n) is 4.86. The van der Waals surface area contributed by atoms with E-state index in [1.807, 2.05) is 12.1 Å². The highest BCUT2D eigenvalue weighted by Gasteiger charge is 2.21. The first-order valence-electron chi connectivity index (χ1n) is 7.22. The van der Waals surface area contributed by atoms with Gasteiger partial charge in [0.05, 0.1) is 24.8 Å². The predicted octanol–water partition coefficient (Wildman–Crippen LogP) is 0.781. The highest BCUT2D eigenvalue weighted by atomic mass is 16.4. The van der Waals surface area contributed by atoms with Gasteiger partial charge in [-0.25, -0.2) is 0 Å². The minimum atomic E-state index is -1.05. The second-order valence-corrected chi connectivity index (χ2v) is 4.86. The number of carbonyl (C=O) groups is 3. The number of rotatable bonds is 9. The van der Waals surface area contributed by atoms with Gasteiger partial charge in [0, 0.05) is 19.5 Å². The van der Waals surface area contributed by atoms with Crippen LogP contribution >= 0.6 is 0 Å². The predicted molar refractivity (Wildman–Crippen MR) is 82.3 cm³/mol. The van der Waals surface area contributed by atoms with E-state index in [0.29, 0.717) is 0 Å². The monoisotopic (exact) mass is 317 g/mol. The number of hydrogen-bond acceptors (Lipinski definition) is 4. The lowest BCUT2D eigenvalue weighted by molar-refractivity contribution is -0.139. The molecule has 0 aliphatic carbocycles. The van der Waals surface area contributed by atoms with Gasteiger partial charge in [-0.1, -0.05) is 30.3 Å². The summed E-state index contributed by atoms with van der Waals surface area (Å²) in [7, 11) is 0. The zero-order valence-electron chi connectivity index (χ0n) is 12.6. The Hall–Kier alpha value is -2.88. The Bertz CT molecular complexity index is 581. The Kier molecular flexibility index (Phi) is 7.86. The normalized spacial score (nSPS) is 11.1. The number of hydrogen-bond donors (Lipinski definition) is 3. The van der Waals surface area contributed by atoms with Gasteiger partial charge in [0.2, 0.25) is 11.8 Å². The van der Waals surface area contributed by atoms with E-state index in [2.05, 4.69) is 10.6 Å². The molecule has 0 saturated carbocycles. The molecule has 0 aromatic heterocycles. The van der Waals surface area contributed by atoms with Crippen molar-refractivity contribution in [2.45, 2.75) is 25.2 Å². The molecule has 23 heavy (non-hydrogen) atoms. The Labute approximate surface area is 134 Å². The molecule has 1 aromatic rings. The highest BCUT2D eigenvalue weighted by Crippen LogP contribution is 2.15. The van der Waals surface area contributed by atoms with E-state index in [1.54, 1.807) is 24.3 Å². The van der Waals surface area contributed by atoms with Crippen molar-refractivity contribution in [3.05, 3.63) is 35.9 Å². The minimum Gasteiger partial charge on any atom is -0.481 e. The van der Waals surface area contributed by atoms with E-state index in [9.17, 15) is 14.4 Å². The number of nitrogens with zero attached hydrogens (tertiary/aromatic N) is 1. The third-order valence-corrected chi connectivity index (χ3v) is 3.12. The van der Waals surface area contributed by atoms with Crippen molar-refractivity contribution in [3.63, 3.8) is 0 Å². The SMILES string of the molecule is N#CCCNC(=O)C(CNC(=O)CCC(=O)O)c1ccccc1. The number of nitriles is 1. The molecule has 1 unspecified atom stereocenters.